The number of aromatic hydroxyl groups is 1. The van der Waals surface area contributed by atoms with Gasteiger partial charge in [-0.05, 0) is 59.7 Å². The second-order valence-electron chi connectivity index (χ2n) is 8.78. The van der Waals surface area contributed by atoms with E-state index in [-0.39, 0.29) is 17.0 Å². The Morgan fingerprint density at radius 1 is 0.964 bits per heavy atom. The minimum Gasteiger partial charge on any atom is -0.506 e. The first-order valence-electron chi connectivity index (χ1n) is 9.11. The molecule has 0 aliphatic rings. The smallest absolute Gasteiger partial charge is 0.419 e. The van der Waals surface area contributed by atoms with Crippen LogP contribution in [0.1, 0.15) is 41.5 Å². The van der Waals surface area contributed by atoms with Crippen molar-refractivity contribution >= 4 is 33.9 Å². The van der Waals surface area contributed by atoms with E-state index in [1.165, 1.54) is 16.7 Å². The zero-order valence-electron chi connectivity index (χ0n) is 17.0. The summed E-state index contributed by atoms with van der Waals surface area (Å²) in [5, 5.41) is 11.7. The van der Waals surface area contributed by atoms with E-state index in [9.17, 15) is 14.7 Å². The van der Waals surface area contributed by atoms with Gasteiger partial charge in [0, 0.05) is 5.39 Å². The van der Waals surface area contributed by atoms with Crippen molar-refractivity contribution in [2.24, 2.45) is 5.41 Å². The third-order valence-corrected chi connectivity index (χ3v) is 4.15. The van der Waals surface area contributed by atoms with Crippen molar-refractivity contribution in [3.8, 4) is 11.5 Å². The Bertz CT molecular complexity index is 1080. The lowest BCUT2D eigenvalue weighted by atomic mass is 9.97. The first-order chi connectivity index (χ1) is 12.9. The number of aromatic nitrogens is 1. The van der Waals surface area contributed by atoms with E-state index in [1.54, 1.807) is 53.7 Å². The standard InChI is InChI=1S/C22H25NO5/c1-21(2,3)19(25)27-16-12-11-15(24)18-17(16)13-9-7-8-10-14(13)23(18)20(26)28-22(4,5)6/h7-12,24H,1-6H3. The van der Waals surface area contributed by atoms with Crippen molar-refractivity contribution < 1.29 is 24.2 Å². The van der Waals surface area contributed by atoms with Crippen LogP contribution in [0.2, 0.25) is 0 Å². The summed E-state index contributed by atoms with van der Waals surface area (Å²) in [4.78, 5) is 25.4. The summed E-state index contributed by atoms with van der Waals surface area (Å²) in [6.45, 7) is 10.6. The Morgan fingerprint density at radius 2 is 1.61 bits per heavy atom. The topological polar surface area (TPSA) is 77.8 Å². The number of hydrogen-bond acceptors (Lipinski definition) is 5. The van der Waals surface area contributed by atoms with Gasteiger partial charge in [0.15, 0.2) is 0 Å². The van der Waals surface area contributed by atoms with E-state index in [0.29, 0.717) is 16.3 Å². The molecule has 0 saturated carbocycles. The molecule has 3 aromatic rings. The molecule has 0 atom stereocenters. The fourth-order valence-corrected chi connectivity index (χ4v) is 2.88. The van der Waals surface area contributed by atoms with Crippen LogP contribution in [-0.2, 0) is 9.53 Å². The van der Waals surface area contributed by atoms with Gasteiger partial charge in [-0.2, -0.15) is 0 Å². The lowest BCUT2D eigenvalue weighted by Gasteiger charge is -2.20. The Balaban J connectivity index is 2.31. The Morgan fingerprint density at radius 3 is 2.21 bits per heavy atom. The van der Waals surface area contributed by atoms with Gasteiger partial charge in [-0.3, -0.25) is 4.79 Å². The fourth-order valence-electron chi connectivity index (χ4n) is 2.88. The molecule has 6 nitrogen and oxygen atoms in total. The first kappa shape index (κ1) is 19.7. The highest BCUT2D eigenvalue weighted by Gasteiger charge is 2.28. The number of fused-ring (bicyclic) bond motifs is 3. The largest absolute Gasteiger partial charge is 0.506 e. The van der Waals surface area contributed by atoms with Crippen LogP contribution in [-0.4, -0.2) is 27.3 Å². The van der Waals surface area contributed by atoms with Gasteiger partial charge in [-0.15, -0.1) is 0 Å². The maximum atomic E-state index is 12.9. The molecule has 0 spiro atoms. The second-order valence-corrected chi connectivity index (χ2v) is 8.78. The molecular weight excluding hydrogens is 358 g/mol. The number of phenolic OH excluding ortho intramolecular Hbond substituents is 1. The van der Waals surface area contributed by atoms with Gasteiger partial charge in [0.05, 0.1) is 16.3 Å². The predicted molar refractivity (Wildman–Crippen MR) is 108 cm³/mol. The van der Waals surface area contributed by atoms with Crippen molar-refractivity contribution in [1.29, 1.82) is 0 Å². The highest BCUT2D eigenvalue weighted by atomic mass is 16.6. The average molecular weight is 383 g/mol. The number of esters is 1. The fraction of sp³-hybridized carbons (Fsp3) is 0.364. The second kappa shape index (κ2) is 6.55. The summed E-state index contributed by atoms with van der Waals surface area (Å²) in [7, 11) is 0. The number of carbonyl (C=O) groups excluding carboxylic acids is 2. The van der Waals surface area contributed by atoms with Gasteiger partial charge in [-0.1, -0.05) is 18.2 Å². The molecule has 0 amide bonds. The maximum absolute atomic E-state index is 12.9. The average Bonchev–Trinajstić information content (AvgIpc) is 2.91. The van der Waals surface area contributed by atoms with E-state index < -0.39 is 23.1 Å². The number of rotatable bonds is 1. The van der Waals surface area contributed by atoms with Crippen LogP contribution in [0.3, 0.4) is 0 Å². The van der Waals surface area contributed by atoms with E-state index in [2.05, 4.69) is 0 Å². The molecule has 1 heterocycles. The monoisotopic (exact) mass is 383 g/mol. The van der Waals surface area contributed by atoms with E-state index in [4.69, 9.17) is 9.47 Å². The summed E-state index contributed by atoms with van der Waals surface area (Å²) in [5.41, 5.74) is -0.606. The molecular formula is C22H25NO5. The molecule has 28 heavy (non-hydrogen) atoms. The number of carbonyl (C=O) groups is 2. The normalized spacial score (nSPS) is 12.4. The molecule has 2 aromatic carbocycles. The summed E-state index contributed by atoms with van der Waals surface area (Å²) in [5.74, 6) is -0.229. The van der Waals surface area contributed by atoms with E-state index >= 15 is 0 Å². The highest BCUT2D eigenvalue weighted by Crippen LogP contribution is 2.41. The van der Waals surface area contributed by atoms with Crippen molar-refractivity contribution in [3.63, 3.8) is 0 Å². The van der Waals surface area contributed by atoms with Crippen LogP contribution in [0, 0.1) is 5.41 Å². The third kappa shape index (κ3) is 3.54. The van der Waals surface area contributed by atoms with Crippen molar-refractivity contribution in [1.82, 2.24) is 4.57 Å². The van der Waals surface area contributed by atoms with Gasteiger partial charge in [-0.25, -0.2) is 9.36 Å². The highest BCUT2D eigenvalue weighted by molar-refractivity contribution is 6.17. The molecule has 1 aromatic heterocycles. The number of para-hydroxylation sites is 1. The van der Waals surface area contributed by atoms with Crippen LogP contribution in [0.15, 0.2) is 36.4 Å². The predicted octanol–water partition coefficient (Wildman–Crippen LogP) is 5.23. The van der Waals surface area contributed by atoms with Gasteiger partial charge in [0.1, 0.15) is 22.6 Å². The minimum absolute atomic E-state index is 0.104. The Hall–Kier alpha value is -3.02. The van der Waals surface area contributed by atoms with Crippen molar-refractivity contribution in [2.45, 2.75) is 47.1 Å². The lowest BCUT2D eigenvalue weighted by molar-refractivity contribution is -0.142. The minimum atomic E-state index is -0.708. The maximum Gasteiger partial charge on any atom is 0.419 e. The molecule has 0 aliphatic carbocycles. The number of nitrogens with zero attached hydrogens (tertiary/aromatic N) is 1. The molecule has 1 N–H and O–H groups in total. The third-order valence-electron chi connectivity index (χ3n) is 4.15. The molecule has 148 valence electrons. The van der Waals surface area contributed by atoms with Crippen LogP contribution in [0.25, 0.3) is 21.8 Å². The number of phenols is 1. The zero-order valence-corrected chi connectivity index (χ0v) is 17.0. The molecule has 6 heteroatoms. The van der Waals surface area contributed by atoms with Crippen molar-refractivity contribution in [3.05, 3.63) is 36.4 Å². The quantitative estimate of drug-likeness (QED) is 0.459. The molecule has 0 saturated heterocycles. The molecule has 0 bridgehead atoms. The lowest BCUT2D eigenvalue weighted by Crippen LogP contribution is -2.27. The number of benzene rings is 2. The van der Waals surface area contributed by atoms with Gasteiger partial charge >= 0.3 is 12.1 Å². The molecule has 0 aliphatic heterocycles. The van der Waals surface area contributed by atoms with Gasteiger partial charge in [0.25, 0.3) is 0 Å². The molecule has 0 fully saturated rings. The molecule has 3 rings (SSSR count). The summed E-state index contributed by atoms with van der Waals surface area (Å²) in [6, 6.07) is 10.1. The molecule has 0 radical (unpaired) electrons. The van der Waals surface area contributed by atoms with E-state index in [0.717, 1.165) is 0 Å². The van der Waals surface area contributed by atoms with E-state index in [1.807, 2.05) is 12.1 Å². The Kier molecular flexibility index (Phi) is 4.61. The summed E-state index contributed by atoms with van der Waals surface area (Å²) in [6.07, 6.45) is -0.617. The first-order valence-corrected chi connectivity index (χ1v) is 9.11. The number of hydrogen-bond donors (Lipinski definition) is 1. The van der Waals surface area contributed by atoms with Crippen LogP contribution >= 0.6 is 0 Å². The van der Waals surface area contributed by atoms with Crippen LogP contribution < -0.4 is 4.74 Å². The summed E-state index contributed by atoms with van der Waals surface area (Å²) < 4.78 is 12.5. The van der Waals surface area contributed by atoms with Crippen molar-refractivity contribution in [2.75, 3.05) is 0 Å². The molecule has 0 unspecified atom stereocenters. The SMILES string of the molecule is CC(C)(C)OC(=O)n1c2ccccc2c2c(OC(=O)C(C)(C)C)ccc(O)c21. The Labute approximate surface area is 163 Å². The number of ether oxygens (including phenoxy) is 2. The van der Waals surface area contributed by atoms with Crippen LogP contribution in [0.5, 0.6) is 11.5 Å². The zero-order chi connectivity index (χ0) is 20.9. The van der Waals surface area contributed by atoms with Crippen LogP contribution in [0.4, 0.5) is 4.79 Å². The van der Waals surface area contributed by atoms with Gasteiger partial charge in [0.2, 0.25) is 0 Å². The van der Waals surface area contributed by atoms with Gasteiger partial charge < -0.3 is 14.6 Å². The summed E-state index contributed by atoms with van der Waals surface area (Å²) >= 11 is 0.